The van der Waals surface area contributed by atoms with Crippen LogP contribution in [0.5, 0.6) is 0 Å². The average molecular weight is 299 g/mol. The van der Waals surface area contributed by atoms with Crippen molar-refractivity contribution >= 4 is 46.4 Å². The zero-order chi connectivity index (χ0) is 14.2. The van der Waals surface area contributed by atoms with E-state index < -0.39 is 10.8 Å². The molecule has 2 amide bonds. The van der Waals surface area contributed by atoms with Crippen LogP contribution in [-0.2, 0) is 9.59 Å². The van der Waals surface area contributed by atoms with E-state index in [1.165, 1.54) is 17.0 Å². The van der Waals surface area contributed by atoms with E-state index in [1.54, 1.807) is 0 Å². The molecule has 1 saturated heterocycles. The molecule has 0 bridgehead atoms. The molecule has 2 aliphatic rings. The Labute approximate surface area is 120 Å². The molecule has 19 heavy (non-hydrogen) atoms. The molecule has 1 aliphatic carbocycles. The Morgan fingerprint density at radius 2 is 1.53 bits per heavy atom. The second-order valence-electron chi connectivity index (χ2n) is 5.61. The van der Waals surface area contributed by atoms with E-state index in [0.29, 0.717) is 12.1 Å². The highest BCUT2D eigenvalue weighted by Gasteiger charge is 2.77. The fourth-order valence-electron chi connectivity index (χ4n) is 2.81. The molecule has 3 rings (SSSR count). The van der Waals surface area contributed by atoms with E-state index in [0.717, 1.165) is 0 Å². The minimum absolute atomic E-state index is 0.197. The summed E-state index contributed by atoms with van der Waals surface area (Å²) >= 11 is 11.9. The predicted molar refractivity (Wildman–Crippen MR) is 74.2 cm³/mol. The van der Waals surface area contributed by atoms with E-state index in [2.05, 4.69) is 0 Å². The van der Waals surface area contributed by atoms with Gasteiger partial charge in [-0.25, -0.2) is 4.90 Å². The molecule has 2 unspecified atom stereocenters. The molecule has 1 saturated carbocycles. The van der Waals surface area contributed by atoms with Crippen molar-refractivity contribution in [2.45, 2.75) is 20.3 Å². The fraction of sp³-hybridized carbons (Fsp3) is 0.385. The number of halogens is 2. The van der Waals surface area contributed by atoms with Crippen LogP contribution in [0.3, 0.4) is 0 Å². The third-order valence-corrected chi connectivity index (χ3v) is 5.10. The van der Waals surface area contributed by atoms with Crippen LogP contribution in [0.1, 0.15) is 20.3 Å². The Kier molecular flexibility index (Phi) is 2.31. The zero-order valence-electron chi connectivity index (χ0n) is 10.5. The van der Waals surface area contributed by atoms with Crippen molar-refractivity contribution in [3.8, 4) is 0 Å². The predicted octanol–water partition coefficient (Wildman–Crippen LogP) is 2.87. The maximum atomic E-state index is 12.4. The summed E-state index contributed by atoms with van der Waals surface area (Å²) in [6.45, 7) is 3.63. The maximum absolute atomic E-state index is 12.4. The molecule has 6 heteroatoms. The molecule has 0 radical (unpaired) electrons. The molecule has 2 fully saturated rings. The second-order valence-corrected chi connectivity index (χ2v) is 6.42. The molecular weight excluding hydrogens is 287 g/mol. The first-order valence-electron chi connectivity index (χ1n) is 5.86. The Hall–Kier alpha value is -1.26. The average Bonchev–Trinajstić information content (AvgIpc) is 2.87. The largest absolute Gasteiger partial charge is 0.396 e. The topological polar surface area (TPSA) is 63.4 Å². The summed E-state index contributed by atoms with van der Waals surface area (Å²) in [6, 6.07) is 2.99. The number of nitrogen functional groups attached to an aromatic ring is 1. The van der Waals surface area contributed by atoms with Gasteiger partial charge < -0.3 is 5.73 Å². The van der Waals surface area contributed by atoms with Gasteiger partial charge in [0.15, 0.2) is 0 Å². The van der Waals surface area contributed by atoms with Crippen molar-refractivity contribution < 1.29 is 9.59 Å². The number of carbonyl (C=O) groups is 2. The van der Waals surface area contributed by atoms with Crippen molar-refractivity contribution in [2.75, 3.05) is 10.6 Å². The fourth-order valence-corrected chi connectivity index (χ4v) is 3.28. The van der Waals surface area contributed by atoms with Crippen molar-refractivity contribution in [1.82, 2.24) is 0 Å². The number of rotatable bonds is 1. The van der Waals surface area contributed by atoms with Crippen LogP contribution >= 0.6 is 23.2 Å². The Bertz CT molecular complexity index is 597. The number of anilines is 2. The van der Waals surface area contributed by atoms with E-state index >= 15 is 0 Å². The van der Waals surface area contributed by atoms with Crippen molar-refractivity contribution in [3.05, 3.63) is 22.2 Å². The number of amides is 2. The van der Waals surface area contributed by atoms with Crippen LogP contribution in [0.25, 0.3) is 0 Å². The standard InChI is InChI=1S/C13H12Cl2N2O2/c1-12-5-13(12,2)11(19)17(10(12)18)6-3-7(14)9(16)8(15)4-6/h3-4H,5,16H2,1-2H3. The second kappa shape index (κ2) is 3.44. The summed E-state index contributed by atoms with van der Waals surface area (Å²) in [7, 11) is 0. The number of fused-ring (bicyclic) bond motifs is 1. The molecule has 1 aromatic carbocycles. The number of hydrogen-bond acceptors (Lipinski definition) is 3. The van der Waals surface area contributed by atoms with Crippen LogP contribution in [0.4, 0.5) is 11.4 Å². The molecule has 4 nitrogen and oxygen atoms in total. The lowest BCUT2D eigenvalue weighted by Crippen LogP contribution is -2.35. The van der Waals surface area contributed by atoms with Crippen molar-refractivity contribution in [2.24, 2.45) is 10.8 Å². The minimum Gasteiger partial charge on any atom is -0.396 e. The lowest BCUT2D eigenvalue weighted by molar-refractivity contribution is -0.125. The molecular formula is C13H12Cl2N2O2. The first-order chi connectivity index (χ1) is 8.72. The lowest BCUT2D eigenvalue weighted by atomic mass is 10.00. The van der Waals surface area contributed by atoms with Crippen LogP contribution in [0.15, 0.2) is 12.1 Å². The summed E-state index contributed by atoms with van der Waals surface area (Å²) in [5, 5.41) is 0.470. The molecule has 2 atom stereocenters. The number of carbonyl (C=O) groups excluding carboxylic acids is 2. The maximum Gasteiger partial charge on any atom is 0.240 e. The molecule has 100 valence electrons. The SMILES string of the molecule is CC12CC1(C)C(=O)N(c1cc(Cl)c(N)c(Cl)c1)C2=O. The third-order valence-electron chi connectivity index (χ3n) is 4.47. The van der Waals surface area contributed by atoms with Gasteiger partial charge in [-0.1, -0.05) is 23.2 Å². The summed E-state index contributed by atoms with van der Waals surface area (Å²) in [5.41, 5.74) is 5.10. The van der Waals surface area contributed by atoms with Gasteiger partial charge in [0.05, 0.1) is 32.3 Å². The monoisotopic (exact) mass is 298 g/mol. The van der Waals surface area contributed by atoms with Gasteiger partial charge >= 0.3 is 0 Å². The van der Waals surface area contributed by atoms with Gasteiger partial charge in [-0.15, -0.1) is 0 Å². The van der Waals surface area contributed by atoms with Crippen LogP contribution < -0.4 is 10.6 Å². The Morgan fingerprint density at radius 1 is 1.11 bits per heavy atom. The van der Waals surface area contributed by atoms with Gasteiger partial charge in [0, 0.05) is 0 Å². The van der Waals surface area contributed by atoms with Crippen molar-refractivity contribution in [1.29, 1.82) is 0 Å². The first kappa shape index (κ1) is 12.8. The van der Waals surface area contributed by atoms with E-state index in [1.807, 2.05) is 13.8 Å². The van der Waals surface area contributed by atoms with Gasteiger partial charge in [0.2, 0.25) is 11.8 Å². The zero-order valence-corrected chi connectivity index (χ0v) is 12.0. The number of nitrogens with zero attached hydrogens (tertiary/aromatic N) is 1. The van der Waals surface area contributed by atoms with Gasteiger partial charge in [-0.2, -0.15) is 0 Å². The summed E-state index contributed by atoms with van der Waals surface area (Å²) in [5.74, 6) is -0.395. The molecule has 0 aromatic heterocycles. The smallest absolute Gasteiger partial charge is 0.240 e. The number of piperidine rings is 1. The highest BCUT2D eigenvalue weighted by Crippen LogP contribution is 2.69. The Morgan fingerprint density at radius 3 is 1.95 bits per heavy atom. The highest BCUT2D eigenvalue weighted by atomic mass is 35.5. The molecule has 2 N–H and O–H groups in total. The molecule has 0 spiro atoms. The Balaban J connectivity index is 2.10. The lowest BCUT2D eigenvalue weighted by Gasteiger charge is -2.19. The first-order valence-corrected chi connectivity index (χ1v) is 6.61. The third kappa shape index (κ3) is 1.36. The van der Waals surface area contributed by atoms with E-state index in [-0.39, 0.29) is 27.5 Å². The van der Waals surface area contributed by atoms with Crippen LogP contribution in [-0.4, -0.2) is 11.8 Å². The quantitative estimate of drug-likeness (QED) is 0.640. The van der Waals surface area contributed by atoms with Gasteiger partial charge in [-0.3, -0.25) is 9.59 Å². The van der Waals surface area contributed by atoms with Crippen LogP contribution in [0.2, 0.25) is 10.0 Å². The minimum atomic E-state index is -0.593. The van der Waals surface area contributed by atoms with Gasteiger partial charge in [0.25, 0.3) is 0 Å². The molecule has 1 aromatic rings. The number of imide groups is 1. The summed E-state index contributed by atoms with van der Waals surface area (Å²) in [6.07, 6.45) is 0.602. The molecule has 1 aliphatic heterocycles. The van der Waals surface area contributed by atoms with E-state index in [4.69, 9.17) is 28.9 Å². The number of hydrogen-bond donors (Lipinski definition) is 1. The number of benzene rings is 1. The van der Waals surface area contributed by atoms with Crippen LogP contribution in [0, 0.1) is 10.8 Å². The summed E-state index contributed by atoms with van der Waals surface area (Å²) < 4.78 is 0. The number of nitrogens with two attached hydrogens (primary N) is 1. The van der Waals surface area contributed by atoms with Crippen molar-refractivity contribution in [3.63, 3.8) is 0 Å². The van der Waals surface area contributed by atoms with E-state index in [9.17, 15) is 9.59 Å². The summed E-state index contributed by atoms with van der Waals surface area (Å²) in [4.78, 5) is 25.9. The van der Waals surface area contributed by atoms with Gasteiger partial charge in [-0.05, 0) is 32.4 Å². The molecule has 1 heterocycles. The normalized spacial score (nSPS) is 32.7. The van der Waals surface area contributed by atoms with Gasteiger partial charge in [0.1, 0.15) is 0 Å². The highest BCUT2D eigenvalue weighted by molar-refractivity contribution is 6.40.